The smallest absolute Gasteiger partial charge is 0.0482 e. The number of fused-ring (bicyclic) bond motifs is 6. The predicted molar refractivity (Wildman–Crippen MR) is 202 cm³/mol. The van der Waals surface area contributed by atoms with Gasteiger partial charge in [-0.05, 0) is 149 Å². The van der Waals surface area contributed by atoms with Crippen LogP contribution in [0.25, 0.3) is 22.3 Å². The molecule has 230 valence electrons. The van der Waals surface area contributed by atoms with Crippen molar-refractivity contribution in [2.45, 2.75) is 26.7 Å². The van der Waals surface area contributed by atoms with Gasteiger partial charge in [0.15, 0.2) is 0 Å². The van der Waals surface area contributed by atoms with Gasteiger partial charge in [-0.25, -0.2) is 0 Å². The summed E-state index contributed by atoms with van der Waals surface area (Å²) in [5.41, 5.74) is 20.3. The van der Waals surface area contributed by atoms with Crippen molar-refractivity contribution in [3.63, 3.8) is 0 Å². The van der Waals surface area contributed by atoms with Crippen LogP contribution in [0, 0.1) is 13.8 Å². The lowest BCUT2D eigenvalue weighted by Crippen LogP contribution is -2.13. The quantitative estimate of drug-likeness (QED) is 0.183. The van der Waals surface area contributed by atoms with Gasteiger partial charge >= 0.3 is 0 Å². The standard InChI is InChI=1S/C46H36N2/c1-31-10-7-14-37(24-31)47(41-20-22-45-35(28-41)26-33-12-3-5-18-43(33)45)39-16-9-17-40(30-39)48(38-15-8-11-32(2)25-38)42-21-23-46-36(29-42)27-34-13-4-6-19-44(34)46/h3-25,28-30H,26-27H2,1-2H3. The van der Waals surface area contributed by atoms with Crippen LogP contribution < -0.4 is 9.80 Å². The van der Waals surface area contributed by atoms with E-state index in [-0.39, 0.29) is 0 Å². The highest BCUT2D eigenvalue weighted by atomic mass is 15.2. The first-order chi connectivity index (χ1) is 23.6. The molecule has 7 aromatic rings. The summed E-state index contributed by atoms with van der Waals surface area (Å²) in [5, 5.41) is 0. The van der Waals surface area contributed by atoms with E-state index < -0.39 is 0 Å². The van der Waals surface area contributed by atoms with Crippen LogP contribution in [0.2, 0.25) is 0 Å². The maximum Gasteiger partial charge on any atom is 0.0482 e. The second kappa shape index (κ2) is 11.4. The number of hydrogen-bond donors (Lipinski definition) is 0. The maximum atomic E-state index is 2.41. The Labute approximate surface area is 283 Å². The summed E-state index contributed by atoms with van der Waals surface area (Å²) in [6.45, 7) is 4.34. The van der Waals surface area contributed by atoms with Crippen LogP contribution >= 0.6 is 0 Å². The molecule has 0 spiro atoms. The van der Waals surface area contributed by atoms with Crippen molar-refractivity contribution in [3.05, 3.63) is 191 Å². The highest BCUT2D eigenvalue weighted by Gasteiger charge is 2.23. The van der Waals surface area contributed by atoms with E-state index in [1.807, 2.05) is 0 Å². The van der Waals surface area contributed by atoms with E-state index in [0.717, 1.165) is 35.6 Å². The van der Waals surface area contributed by atoms with Crippen LogP contribution in [0.3, 0.4) is 0 Å². The molecule has 2 aliphatic carbocycles. The largest absolute Gasteiger partial charge is 0.310 e. The Morgan fingerprint density at radius 1 is 0.312 bits per heavy atom. The van der Waals surface area contributed by atoms with Gasteiger partial charge in [0.1, 0.15) is 0 Å². The molecular formula is C46H36N2. The molecular weight excluding hydrogens is 581 g/mol. The third-order valence-electron chi connectivity index (χ3n) is 9.94. The van der Waals surface area contributed by atoms with Gasteiger partial charge in [0.05, 0.1) is 0 Å². The van der Waals surface area contributed by atoms with Gasteiger partial charge in [0.25, 0.3) is 0 Å². The lowest BCUT2D eigenvalue weighted by Gasteiger charge is -2.30. The topological polar surface area (TPSA) is 6.48 Å². The molecule has 0 fully saturated rings. The summed E-state index contributed by atoms with van der Waals surface area (Å²) < 4.78 is 0. The van der Waals surface area contributed by atoms with Gasteiger partial charge in [-0.15, -0.1) is 0 Å². The lowest BCUT2D eigenvalue weighted by atomic mass is 10.0. The Bertz CT molecular complexity index is 2190. The molecule has 0 aliphatic heterocycles. The van der Waals surface area contributed by atoms with Crippen molar-refractivity contribution >= 4 is 34.1 Å². The average Bonchev–Trinajstić information content (AvgIpc) is 3.66. The average molecular weight is 617 g/mol. The van der Waals surface area contributed by atoms with Gasteiger partial charge in [-0.3, -0.25) is 0 Å². The third kappa shape index (κ3) is 4.89. The molecule has 0 N–H and O–H groups in total. The van der Waals surface area contributed by atoms with E-state index in [2.05, 4.69) is 181 Å². The summed E-state index contributed by atoms with van der Waals surface area (Å²) >= 11 is 0. The monoisotopic (exact) mass is 616 g/mol. The Morgan fingerprint density at radius 3 is 1.15 bits per heavy atom. The van der Waals surface area contributed by atoms with Crippen molar-refractivity contribution in [3.8, 4) is 22.3 Å². The number of nitrogens with zero attached hydrogens (tertiary/aromatic N) is 2. The van der Waals surface area contributed by atoms with Crippen LogP contribution in [-0.4, -0.2) is 0 Å². The molecule has 2 nitrogen and oxygen atoms in total. The van der Waals surface area contributed by atoms with Crippen LogP contribution in [0.5, 0.6) is 0 Å². The molecule has 7 aromatic carbocycles. The van der Waals surface area contributed by atoms with Gasteiger partial charge in [-0.2, -0.15) is 0 Å². The first kappa shape index (κ1) is 28.4. The van der Waals surface area contributed by atoms with Crippen LogP contribution in [0.15, 0.2) is 158 Å². The van der Waals surface area contributed by atoms with Crippen molar-refractivity contribution in [1.29, 1.82) is 0 Å². The van der Waals surface area contributed by atoms with Crippen molar-refractivity contribution < 1.29 is 0 Å². The molecule has 0 aromatic heterocycles. The van der Waals surface area contributed by atoms with E-state index >= 15 is 0 Å². The van der Waals surface area contributed by atoms with Gasteiger partial charge in [-0.1, -0.05) is 91.0 Å². The Balaban J connectivity index is 1.18. The molecule has 0 heterocycles. The van der Waals surface area contributed by atoms with Gasteiger partial charge < -0.3 is 9.80 Å². The zero-order valence-corrected chi connectivity index (χ0v) is 27.3. The first-order valence-electron chi connectivity index (χ1n) is 16.9. The number of benzene rings is 7. The first-order valence-corrected chi connectivity index (χ1v) is 16.9. The van der Waals surface area contributed by atoms with E-state index in [4.69, 9.17) is 0 Å². The van der Waals surface area contributed by atoms with Crippen molar-refractivity contribution in [1.82, 2.24) is 0 Å². The molecule has 0 saturated carbocycles. The minimum atomic E-state index is 0.963. The Morgan fingerprint density at radius 2 is 0.688 bits per heavy atom. The minimum Gasteiger partial charge on any atom is -0.310 e. The second-order valence-electron chi connectivity index (χ2n) is 13.2. The van der Waals surface area contributed by atoms with Crippen molar-refractivity contribution in [2.75, 3.05) is 9.80 Å². The molecule has 9 rings (SSSR count). The summed E-state index contributed by atoms with van der Waals surface area (Å²) in [4.78, 5) is 4.82. The molecule has 2 aliphatic rings. The normalized spacial score (nSPS) is 12.2. The fourth-order valence-corrected chi connectivity index (χ4v) is 7.74. The summed E-state index contributed by atoms with van der Waals surface area (Å²) in [6, 6.07) is 58.3. The highest BCUT2D eigenvalue weighted by Crippen LogP contribution is 2.45. The van der Waals surface area contributed by atoms with E-state index in [9.17, 15) is 0 Å². The van der Waals surface area contributed by atoms with E-state index in [0.29, 0.717) is 0 Å². The molecule has 0 saturated heterocycles. The zero-order chi connectivity index (χ0) is 32.2. The number of rotatable bonds is 6. The Hall–Kier alpha value is -5.86. The summed E-state index contributed by atoms with van der Waals surface area (Å²) in [5.74, 6) is 0. The molecule has 2 heteroatoms. The van der Waals surface area contributed by atoms with Crippen LogP contribution in [-0.2, 0) is 12.8 Å². The third-order valence-corrected chi connectivity index (χ3v) is 9.94. The minimum absolute atomic E-state index is 0.963. The fourth-order valence-electron chi connectivity index (χ4n) is 7.74. The predicted octanol–water partition coefficient (Wildman–Crippen LogP) is 12.4. The molecule has 0 atom stereocenters. The fraction of sp³-hybridized carbons (Fsp3) is 0.0870. The van der Waals surface area contributed by atoms with E-state index in [1.54, 1.807) is 0 Å². The molecule has 0 unspecified atom stereocenters. The molecule has 0 radical (unpaired) electrons. The molecule has 0 amide bonds. The summed E-state index contributed by atoms with van der Waals surface area (Å²) in [6.07, 6.45) is 1.93. The SMILES string of the molecule is Cc1cccc(N(c2cccc(N(c3cccc(C)c3)c3ccc4c(c3)Cc3ccccc3-4)c2)c2ccc3c(c2)Cc2ccccc2-3)c1. The lowest BCUT2D eigenvalue weighted by molar-refractivity contribution is 1.21. The zero-order valence-electron chi connectivity index (χ0n) is 27.3. The van der Waals surface area contributed by atoms with Crippen LogP contribution in [0.4, 0.5) is 34.1 Å². The molecule has 48 heavy (non-hydrogen) atoms. The van der Waals surface area contributed by atoms with Gasteiger partial charge in [0, 0.05) is 34.1 Å². The number of hydrogen-bond acceptors (Lipinski definition) is 2. The second-order valence-corrected chi connectivity index (χ2v) is 13.2. The maximum absolute atomic E-state index is 2.41. The number of anilines is 6. The van der Waals surface area contributed by atoms with E-state index in [1.165, 1.54) is 67.0 Å². The summed E-state index contributed by atoms with van der Waals surface area (Å²) in [7, 11) is 0. The van der Waals surface area contributed by atoms with Gasteiger partial charge in [0.2, 0.25) is 0 Å². The van der Waals surface area contributed by atoms with Crippen molar-refractivity contribution in [2.24, 2.45) is 0 Å². The Kier molecular flexibility index (Phi) is 6.76. The molecule has 0 bridgehead atoms. The highest BCUT2D eigenvalue weighted by molar-refractivity contribution is 5.87. The van der Waals surface area contributed by atoms with Crippen LogP contribution in [0.1, 0.15) is 33.4 Å². The number of aryl methyl sites for hydroxylation is 2.